The second kappa shape index (κ2) is 10.5. The van der Waals surface area contributed by atoms with Crippen LogP contribution in [0.5, 0.6) is 5.75 Å². The summed E-state index contributed by atoms with van der Waals surface area (Å²) >= 11 is 6.52. The molecule has 2 amide bonds. The second-order valence-corrected chi connectivity index (χ2v) is 7.92. The van der Waals surface area contributed by atoms with Gasteiger partial charge in [0.2, 0.25) is 5.91 Å². The molecule has 1 aliphatic heterocycles. The Morgan fingerprint density at radius 2 is 2.09 bits per heavy atom. The van der Waals surface area contributed by atoms with Gasteiger partial charge in [-0.25, -0.2) is 9.97 Å². The molecule has 2 heterocycles. The predicted molar refractivity (Wildman–Crippen MR) is 125 cm³/mol. The number of aromatic nitrogens is 2. The zero-order valence-electron chi connectivity index (χ0n) is 18.1. The number of allylic oxidation sites excluding steroid dienone is 3. The number of halogens is 1. The van der Waals surface area contributed by atoms with Crippen LogP contribution in [-0.4, -0.2) is 48.1 Å². The van der Waals surface area contributed by atoms with Crippen molar-refractivity contribution in [2.75, 3.05) is 25.6 Å². The summed E-state index contributed by atoms with van der Waals surface area (Å²) in [7, 11) is 1.62. The molecule has 2 aromatic rings. The van der Waals surface area contributed by atoms with E-state index in [0.29, 0.717) is 58.2 Å². The lowest BCUT2D eigenvalue weighted by molar-refractivity contribution is -0.123. The number of carbonyl (C=O) groups is 2. The largest absolute Gasteiger partial charge is 0.484 e. The molecule has 1 aliphatic carbocycles. The summed E-state index contributed by atoms with van der Waals surface area (Å²) in [4.78, 5) is 32.9. The fourth-order valence-corrected chi connectivity index (χ4v) is 3.85. The van der Waals surface area contributed by atoms with Crippen LogP contribution in [0.4, 0.5) is 5.82 Å². The monoisotopic (exact) mass is 469 g/mol. The number of anilines is 1. The van der Waals surface area contributed by atoms with E-state index >= 15 is 0 Å². The SMILES string of the molecule is COC1CC=C(Cl)C2=C1Nc1ncnc3ccc(cc13)OCC(=O)NCCCC(=O)NC=C2. The van der Waals surface area contributed by atoms with Gasteiger partial charge in [0.05, 0.1) is 11.2 Å². The van der Waals surface area contributed by atoms with Crippen LogP contribution < -0.4 is 20.7 Å². The molecular weight excluding hydrogens is 446 g/mol. The van der Waals surface area contributed by atoms with Gasteiger partial charge in [0.1, 0.15) is 24.0 Å². The molecule has 1 unspecified atom stereocenters. The van der Waals surface area contributed by atoms with Crippen molar-refractivity contribution in [3.8, 4) is 5.75 Å². The number of hydrogen-bond donors (Lipinski definition) is 3. The molecule has 0 saturated carbocycles. The van der Waals surface area contributed by atoms with Crippen LogP contribution in [0.3, 0.4) is 0 Å². The maximum Gasteiger partial charge on any atom is 0.257 e. The zero-order chi connectivity index (χ0) is 23.2. The maximum absolute atomic E-state index is 12.1. The van der Waals surface area contributed by atoms with Gasteiger partial charge in [-0.3, -0.25) is 9.59 Å². The van der Waals surface area contributed by atoms with Gasteiger partial charge in [0, 0.05) is 42.3 Å². The van der Waals surface area contributed by atoms with Gasteiger partial charge in [-0.1, -0.05) is 17.7 Å². The third-order valence-corrected chi connectivity index (χ3v) is 5.65. The van der Waals surface area contributed by atoms with Crippen molar-refractivity contribution in [3.63, 3.8) is 0 Å². The fourth-order valence-electron chi connectivity index (χ4n) is 3.59. The molecule has 1 aromatic carbocycles. The van der Waals surface area contributed by atoms with Gasteiger partial charge in [0.15, 0.2) is 6.61 Å². The van der Waals surface area contributed by atoms with Crippen molar-refractivity contribution in [3.05, 3.63) is 59.2 Å². The Morgan fingerprint density at radius 3 is 2.94 bits per heavy atom. The van der Waals surface area contributed by atoms with E-state index in [2.05, 4.69) is 25.9 Å². The number of nitrogens with zero attached hydrogens (tertiary/aromatic N) is 2. The van der Waals surface area contributed by atoms with Crippen molar-refractivity contribution < 1.29 is 19.1 Å². The van der Waals surface area contributed by atoms with Gasteiger partial charge in [-0.15, -0.1) is 0 Å². The number of fused-ring (bicyclic) bond motifs is 1. The summed E-state index contributed by atoms with van der Waals surface area (Å²) in [6, 6.07) is 5.34. The Hall–Kier alpha value is -3.43. The summed E-state index contributed by atoms with van der Waals surface area (Å²) in [6.45, 7) is 0.233. The molecule has 172 valence electrons. The van der Waals surface area contributed by atoms with E-state index in [-0.39, 0.29) is 30.9 Å². The Labute approximate surface area is 195 Å². The third-order valence-electron chi connectivity index (χ3n) is 5.29. The Kier molecular flexibility index (Phi) is 7.21. The molecule has 2 bridgehead atoms. The lowest BCUT2D eigenvalue weighted by Crippen LogP contribution is -2.30. The molecule has 4 rings (SSSR count). The van der Waals surface area contributed by atoms with E-state index in [1.54, 1.807) is 37.6 Å². The number of benzene rings is 1. The summed E-state index contributed by atoms with van der Waals surface area (Å²) in [5.74, 6) is 0.615. The average molecular weight is 470 g/mol. The van der Waals surface area contributed by atoms with Crippen LogP contribution in [-0.2, 0) is 14.3 Å². The number of methoxy groups -OCH3 is 1. The van der Waals surface area contributed by atoms with Crippen LogP contribution in [0.15, 0.2) is 59.2 Å². The van der Waals surface area contributed by atoms with Crippen molar-refractivity contribution in [1.29, 1.82) is 0 Å². The number of carbonyl (C=O) groups excluding carboxylic acids is 2. The van der Waals surface area contributed by atoms with E-state index in [9.17, 15) is 9.59 Å². The molecule has 0 saturated heterocycles. The highest BCUT2D eigenvalue weighted by Crippen LogP contribution is 2.33. The van der Waals surface area contributed by atoms with Crippen molar-refractivity contribution in [1.82, 2.24) is 20.6 Å². The first-order chi connectivity index (χ1) is 16.0. The lowest BCUT2D eigenvalue weighted by atomic mass is 9.99. The van der Waals surface area contributed by atoms with E-state index in [1.807, 2.05) is 6.08 Å². The summed E-state index contributed by atoms with van der Waals surface area (Å²) in [5.41, 5.74) is 2.10. The van der Waals surface area contributed by atoms with Gasteiger partial charge < -0.3 is 25.4 Å². The molecule has 9 nitrogen and oxygen atoms in total. The smallest absolute Gasteiger partial charge is 0.257 e. The van der Waals surface area contributed by atoms with Gasteiger partial charge in [0.25, 0.3) is 5.91 Å². The van der Waals surface area contributed by atoms with Crippen LogP contribution in [0.2, 0.25) is 0 Å². The third kappa shape index (κ3) is 5.50. The quantitative estimate of drug-likeness (QED) is 0.588. The minimum absolute atomic E-state index is 0.141. The summed E-state index contributed by atoms with van der Waals surface area (Å²) in [6.07, 6.45) is 7.68. The molecule has 2 aliphatic rings. The molecule has 3 N–H and O–H groups in total. The molecule has 1 aromatic heterocycles. The van der Waals surface area contributed by atoms with Crippen molar-refractivity contribution in [2.45, 2.75) is 25.4 Å². The van der Waals surface area contributed by atoms with E-state index in [1.165, 1.54) is 6.33 Å². The minimum atomic E-state index is -0.290. The Morgan fingerprint density at radius 1 is 1.21 bits per heavy atom. The number of amides is 2. The van der Waals surface area contributed by atoms with Crippen LogP contribution in [0, 0.1) is 0 Å². The van der Waals surface area contributed by atoms with E-state index in [0.717, 1.165) is 0 Å². The minimum Gasteiger partial charge on any atom is -0.484 e. The molecule has 0 fully saturated rings. The standard InChI is InChI=1S/C23H24ClN5O4/c1-32-19-7-5-17(24)15-8-10-26-20(30)3-2-9-25-21(31)12-33-14-4-6-18-16(11-14)23(28-13-27-18)29-22(15)19/h4-6,8,10-11,13,19H,2-3,7,9,12H2,1H3,(H,25,31)(H,26,30)(H,27,28,29). The van der Waals surface area contributed by atoms with Crippen LogP contribution >= 0.6 is 11.6 Å². The lowest BCUT2D eigenvalue weighted by Gasteiger charge is -2.26. The van der Waals surface area contributed by atoms with Gasteiger partial charge in [-0.05, 0) is 37.1 Å². The maximum atomic E-state index is 12.1. The van der Waals surface area contributed by atoms with Crippen molar-refractivity contribution >= 4 is 40.1 Å². The van der Waals surface area contributed by atoms with Gasteiger partial charge >= 0.3 is 0 Å². The molecule has 33 heavy (non-hydrogen) atoms. The summed E-state index contributed by atoms with van der Waals surface area (Å²) < 4.78 is 11.3. The number of nitrogens with one attached hydrogen (secondary N) is 3. The van der Waals surface area contributed by atoms with Gasteiger partial charge in [-0.2, -0.15) is 0 Å². The highest BCUT2D eigenvalue weighted by molar-refractivity contribution is 6.32. The number of rotatable bonds is 1. The Balaban J connectivity index is 1.77. The number of hydrogen-bond acceptors (Lipinski definition) is 7. The fraction of sp³-hybridized carbons (Fsp3) is 0.304. The first kappa shape index (κ1) is 22.8. The first-order valence-electron chi connectivity index (χ1n) is 10.6. The van der Waals surface area contributed by atoms with E-state index in [4.69, 9.17) is 21.1 Å². The normalized spacial score (nSPS) is 20.1. The van der Waals surface area contributed by atoms with Crippen LogP contribution in [0.1, 0.15) is 19.3 Å². The van der Waals surface area contributed by atoms with Crippen LogP contribution in [0.25, 0.3) is 10.9 Å². The first-order valence-corrected chi connectivity index (χ1v) is 10.9. The zero-order valence-corrected chi connectivity index (χ0v) is 18.8. The molecule has 1 atom stereocenters. The predicted octanol–water partition coefficient (Wildman–Crippen LogP) is 2.76. The molecule has 10 heteroatoms. The molecule has 0 spiro atoms. The number of ether oxygens (including phenoxy) is 2. The second-order valence-electron chi connectivity index (χ2n) is 7.51. The summed E-state index contributed by atoms with van der Waals surface area (Å²) in [5, 5.41) is 10.1. The highest BCUT2D eigenvalue weighted by Gasteiger charge is 2.24. The Bertz CT molecular complexity index is 1160. The average Bonchev–Trinajstić information content (AvgIpc) is 2.82. The van der Waals surface area contributed by atoms with E-state index < -0.39 is 0 Å². The molecule has 0 radical (unpaired) electrons. The van der Waals surface area contributed by atoms with Crippen molar-refractivity contribution in [2.24, 2.45) is 0 Å². The highest BCUT2D eigenvalue weighted by atomic mass is 35.5. The molecular formula is C23H24ClN5O4. The topological polar surface area (TPSA) is 114 Å².